The van der Waals surface area contributed by atoms with E-state index in [1.165, 1.54) is 5.56 Å². The van der Waals surface area contributed by atoms with Crippen LogP contribution in [0.4, 0.5) is 0 Å². The zero-order valence-electron chi connectivity index (χ0n) is 15.9. The van der Waals surface area contributed by atoms with Crippen LogP contribution in [0.25, 0.3) is 0 Å². The van der Waals surface area contributed by atoms with Crippen LogP contribution in [0.3, 0.4) is 0 Å². The van der Waals surface area contributed by atoms with Crippen molar-refractivity contribution in [1.29, 1.82) is 0 Å². The summed E-state index contributed by atoms with van der Waals surface area (Å²) in [5, 5.41) is 2.71. The monoisotopic (exact) mass is 364 g/mol. The minimum atomic E-state index is -0.374. The molecule has 5 heteroatoms. The smallest absolute Gasteiger partial charge is 0.263 e. The Hall–Kier alpha value is -2.95. The lowest BCUT2D eigenvalue weighted by Gasteiger charge is -2.18. The van der Waals surface area contributed by atoms with E-state index in [0.29, 0.717) is 17.0 Å². The molecule has 0 aromatic heterocycles. The first-order valence-electron chi connectivity index (χ1n) is 9.20. The maximum atomic E-state index is 12.5. The highest BCUT2D eigenvalue weighted by atomic mass is 16.2. The quantitative estimate of drug-likeness (QED) is 0.799. The Bertz CT molecular complexity index is 836. The number of carbonyl (C=O) groups is 3. The molecule has 1 aliphatic heterocycles. The molecule has 0 saturated carbocycles. The molecule has 0 spiro atoms. The van der Waals surface area contributed by atoms with E-state index in [0.717, 1.165) is 16.9 Å². The Morgan fingerprint density at radius 1 is 0.926 bits per heavy atom. The summed E-state index contributed by atoms with van der Waals surface area (Å²) in [7, 11) is 0. The van der Waals surface area contributed by atoms with Gasteiger partial charge in [-0.05, 0) is 42.5 Å². The first-order chi connectivity index (χ1) is 12.9. The van der Waals surface area contributed by atoms with Crippen molar-refractivity contribution in [3.8, 4) is 0 Å². The Kier molecular flexibility index (Phi) is 5.40. The van der Waals surface area contributed by atoms with Gasteiger partial charge in [-0.1, -0.05) is 50.2 Å². The number of nitrogens with zero attached hydrogens (tertiary/aromatic N) is 1. The fraction of sp³-hybridized carbons (Fsp3) is 0.318. The lowest BCUT2D eigenvalue weighted by molar-refractivity contribution is -0.122. The third kappa shape index (κ3) is 3.92. The highest BCUT2D eigenvalue weighted by Crippen LogP contribution is 2.22. The molecular weight excluding hydrogens is 340 g/mol. The first kappa shape index (κ1) is 18.8. The van der Waals surface area contributed by atoms with E-state index >= 15 is 0 Å². The predicted molar refractivity (Wildman–Crippen MR) is 103 cm³/mol. The van der Waals surface area contributed by atoms with Crippen molar-refractivity contribution in [3.63, 3.8) is 0 Å². The number of benzene rings is 2. The van der Waals surface area contributed by atoms with Crippen LogP contribution in [0, 0.1) is 5.92 Å². The number of rotatable bonds is 6. The lowest BCUT2D eigenvalue weighted by Crippen LogP contribution is -2.42. The van der Waals surface area contributed by atoms with Gasteiger partial charge in [0.1, 0.15) is 6.67 Å². The van der Waals surface area contributed by atoms with E-state index in [4.69, 9.17) is 0 Å². The summed E-state index contributed by atoms with van der Waals surface area (Å²) in [5.74, 6) is -0.754. The minimum Gasteiger partial charge on any atom is -0.337 e. The SMILES string of the molecule is CC(C)Cc1ccc(C(C)C(=O)NCN2C(=O)c3ccccc3C2=O)cc1. The average Bonchev–Trinajstić information content (AvgIpc) is 2.90. The van der Waals surface area contributed by atoms with Crippen LogP contribution in [-0.2, 0) is 11.2 Å². The van der Waals surface area contributed by atoms with Gasteiger partial charge >= 0.3 is 0 Å². The molecule has 1 atom stereocenters. The van der Waals surface area contributed by atoms with Crippen LogP contribution in [0.15, 0.2) is 48.5 Å². The van der Waals surface area contributed by atoms with E-state index in [1.54, 1.807) is 24.3 Å². The van der Waals surface area contributed by atoms with Gasteiger partial charge in [0.15, 0.2) is 0 Å². The molecule has 140 valence electrons. The maximum absolute atomic E-state index is 12.5. The van der Waals surface area contributed by atoms with Crippen molar-refractivity contribution in [1.82, 2.24) is 10.2 Å². The highest BCUT2D eigenvalue weighted by Gasteiger charge is 2.35. The topological polar surface area (TPSA) is 66.5 Å². The molecule has 0 bridgehead atoms. The summed E-state index contributed by atoms with van der Waals surface area (Å²) in [4.78, 5) is 38.2. The van der Waals surface area contributed by atoms with Crippen molar-refractivity contribution < 1.29 is 14.4 Å². The predicted octanol–water partition coefficient (Wildman–Crippen LogP) is 3.36. The molecule has 3 amide bonds. The zero-order valence-corrected chi connectivity index (χ0v) is 15.9. The van der Waals surface area contributed by atoms with Crippen LogP contribution in [-0.4, -0.2) is 29.3 Å². The van der Waals surface area contributed by atoms with E-state index in [2.05, 4.69) is 19.2 Å². The summed E-state index contributed by atoms with van der Waals surface area (Å²) in [5.41, 5.74) is 2.91. The summed E-state index contributed by atoms with van der Waals surface area (Å²) < 4.78 is 0. The number of imide groups is 1. The van der Waals surface area contributed by atoms with Gasteiger partial charge in [0.25, 0.3) is 11.8 Å². The van der Waals surface area contributed by atoms with Gasteiger partial charge in [-0.15, -0.1) is 0 Å². The average molecular weight is 364 g/mol. The van der Waals surface area contributed by atoms with E-state index in [-0.39, 0.29) is 30.3 Å². The Morgan fingerprint density at radius 2 is 1.48 bits per heavy atom. The lowest BCUT2D eigenvalue weighted by atomic mass is 9.96. The van der Waals surface area contributed by atoms with Crippen LogP contribution in [0.5, 0.6) is 0 Å². The van der Waals surface area contributed by atoms with Gasteiger partial charge in [0, 0.05) is 0 Å². The Morgan fingerprint density at radius 3 is 2.00 bits per heavy atom. The Balaban J connectivity index is 1.61. The minimum absolute atomic E-state index is 0.124. The fourth-order valence-corrected chi connectivity index (χ4v) is 3.26. The summed E-state index contributed by atoms with van der Waals surface area (Å²) in [6, 6.07) is 14.7. The first-order valence-corrected chi connectivity index (χ1v) is 9.20. The molecule has 1 heterocycles. The van der Waals surface area contributed by atoms with Gasteiger partial charge in [0.2, 0.25) is 5.91 Å². The van der Waals surface area contributed by atoms with Crippen LogP contribution in [0.1, 0.15) is 58.5 Å². The molecule has 27 heavy (non-hydrogen) atoms. The van der Waals surface area contributed by atoms with Gasteiger partial charge in [0.05, 0.1) is 17.0 Å². The molecule has 1 N–H and O–H groups in total. The summed E-state index contributed by atoms with van der Waals surface area (Å²) >= 11 is 0. The molecule has 0 fully saturated rings. The van der Waals surface area contributed by atoms with Crippen molar-refractivity contribution in [2.24, 2.45) is 5.92 Å². The summed E-state index contributed by atoms with van der Waals surface area (Å²) in [6.07, 6.45) is 1.00. The Labute approximate surface area is 159 Å². The van der Waals surface area contributed by atoms with Gasteiger partial charge in [-0.2, -0.15) is 0 Å². The van der Waals surface area contributed by atoms with Gasteiger partial charge in [-0.3, -0.25) is 19.3 Å². The van der Waals surface area contributed by atoms with Gasteiger partial charge < -0.3 is 5.32 Å². The maximum Gasteiger partial charge on any atom is 0.263 e. The molecule has 0 radical (unpaired) electrons. The fourth-order valence-electron chi connectivity index (χ4n) is 3.26. The van der Waals surface area contributed by atoms with Crippen molar-refractivity contribution in [2.75, 3.05) is 6.67 Å². The molecular formula is C22H24N2O3. The van der Waals surface area contributed by atoms with Crippen molar-refractivity contribution >= 4 is 17.7 Å². The second-order valence-electron chi connectivity index (χ2n) is 7.34. The van der Waals surface area contributed by atoms with E-state index in [9.17, 15) is 14.4 Å². The van der Waals surface area contributed by atoms with Crippen LogP contribution < -0.4 is 5.32 Å². The molecule has 2 aromatic rings. The highest BCUT2D eigenvalue weighted by molar-refractivity contribution is 6.21. The zero-order chi connectivity index (χ0) is 19.6. The molecule has 0 saturated heterocycles. The normalized spacial score (nSPS) is 14.4. The third-order valence-corrected chi connectivity index (χ3v) is 4.81. The largest absolute Gasteiger partial charge is 0.337 e. The molecule has 3 rings (SSSR count). The number of nitrogens with one attached hydrogen (secondary N) is 1. The number of carbonyl (C=O) groups excluding carboxylic acids is 3. The number of amides is 3. The number of hydrogen-bond acceptors (Lipinski definition) is 3. The van der Waals surface area contributed by atoms with Gasteiger partial charge in [-0.25, -0.2) is 0 Å². The third-order valence-electron chi connectivity index (χ3n) is 4.81. The second-order valence-corrected chi connectivity index (χ2v) is 7.34. The number of hydrogen-bond donors (Lipinski definition) is 1. The van der Waals surface area contributed by atoms with Crippen LogP contribution >= 0.6 is 0 Å². The van der Waals surface area contributed by atoms with Crippen molar-refractivity contribution in [2.45, 2.75) is 33.1 Å². The molecule has 2 aromatic carbocycles. The number of fused-ring (bicyclic) bond motifs is 1. The molecule has 0 aliphatic carbocycles. The molecule has 1 aliphatic rings. The van der Waals surface area contributed by atoms with Crippen LogP contribution in [0.2, 0.25) is 0 Å². The van der Waals surface area contributed by atoms with E-state index < -0.39 is 0 Å². The molecule has 5 nitrogen and oxygen atoms in total. The van der Waals surface area contributed by atoms with E-state index in [1.807, 2.05) is 31.2 Å². The standard InChI is InChI=1S/C22H24N2O3/c1-14(2)12-16-8-10-17(11-9-16)15(3)20(25)23-13-24-21(26)18-6-4-5-7-19(18)22(24)27/h4-11,14-15H,12-13H2,1-3H3,(H,23,25). The summed E-state index contributed by atoms with van der Waals surface area (Å²) in [6.45, 7) is 6.03. The second kappa shape index (κ2) is 7.74. The molecule has 1 unspecified atom stereocenters. The van der Waals surface area contributed by atoms with Crippen molar-refractivity contribution in [3.05, 3.63) is 70.8 Å².